The lowest BCUT2D eigenvalue weighted by Crippen LogP contribution is -2.42. The van der Waals surface area contributed by atoms with Crippen LogP contribution in [0.2, 0.25) is 0 Å². The van der Waals surface area contributed by atoms with Crippen LogP contribution in [0.25, 0.3) is 0 Å². The first-order valence-corrected chi connectivity index (χ1v) is 11.2. The van der Waals surface area contributed by atoms with E-state index in [9.17, 15) is 18.3 Å². The Kier molecular flexibility index (Phi) is 6.14. The molecule has 2 heterocycles. The fourth-order valence-corrected chi connectivity index (χ4v) is 5.06. The zero-order valence-corrected chi connectivity index (χ0v) is 17.1. The van der Waals surface area contributed by atoms with E-state index in [1.54, 1.807) is 4.72 Å². The Morgan fingerprint density at radius 3 is 2.71 bits per heavy atom. The maximum atomic E-state index is 15.2. The van der Waals surface area contributed by atoms with Gasteiger partial charge in [-0.1, -0.05) is 26.3 Å². The largest absolute Gasteiger partial charge is 0.506 e. The highest BCUT2D eigenvalue weighted by Crippen LogP contribution is 2.36. The number of carbonyl (C=O) groups excluding carboxylic acids is 1. The van der Waals surface area contributed by atoms with Crippen LogP contribution in [-0.4, -0.2) is 50.0 Å². The Hall–Kier alpha value is -1.87. The predicted octanol–water partition coefficient (Wildman–Crippen LogP) is 2.16. The molecule has 0 aliphatic carbocycles. The van der Waals surface area contributed by atoms with Crippen LogP contribution in [0.5, 0.6) is 5.75 Å². The second-order valence-corrected chi connectivity index (χ2v) is 9.61. The number of benzene rings is 1. The molecule has 1 unspecified atom stereocenters. The second kappa shape index (κ2) is 8.24. The first-order chi connectivity index (χ1) is 13.2. The zero-order valence-electron chi connectivity index (χ0n) is 16.3. The van der Waals surface area contributed by atoms with Crippen LogP contribution < -0.4 is 9.03 Å². The number of carbonyl (C=O) groups is 1. The smallest absolute Gasteiger partial charge is 0.326 e. The number of anilines is 1. The van der Waals surface area contributed by atoms with Crippen molar-refractivity contribution in [3.8, 4) is 5.75 Å². The molecule has 1 atom stereocenters. The number of amides is 1. The highest BCUT2D eigenvalue weighted by Gasteiger charge is 2.38. The molecule has 2 N–H and O–H groups in total. The number of likely N-dealkylation sites (tertiary alicyclic amines) is 1. The van der Waals surface area contributed by atoms with E-state index in [0.717, 1.165) is 38.8 Å². The molecule has 9 heteroatoms. The molecule has 1 aromatic carbocycles. The number of piperidine rings is 1. The van der Waals surface area contributed by atoms with Crippen molar-refractivity contribution < 1.29 is 22.7 Å². The molecule has 7 nitrogen and oxygen atoms in total. The van der Waals surface area contributed by atoms with Crippen LogP contribution in [0.15, 0.2) is 12.1 Å². The highest BCUT2D eigenvalue weighted by molar-refractivity contribution is 7.92. The number of nitrogens with one attached hydrogen (secondary N) is 1. The molecule has 2 saturated heterocycles. The van der Waals surface area contributed by atoms with Crippen molar-refractivity contribution in [1.82, 2.24) is 9.62 Å². The Morgan fingerprint density at radius 1 is 1.32 bits per heavy atom. The second-order valence-electron chi connectivity index (χ2n) is 8.02. The molecule has 2 aliphatic heterocycles. The van der Waals surface area contributed by atoms with Gasteiger partial charge in [-0.05, 0) is 56.3 Å². The molecule has 3 rings (SSSR count). The minimum Gasteiger partial charge on any atom is -0.506 e. The summed E-state index contributed by atoms with van der Waals surface area (Å²) in [7, 11) is -4.19. The Labute approximate surface area is 165 Å². The van der Waals surface area contributed by atoms with E-state index in [1.807, 2.05) is 0 Å². The Balaban J connectivity index is 1.86. The molecular formula is C19H28FN3O4S. The SMILES string of the molecule is CC(C)CCN1CCCCC1Cc1ccc(O)c(N2CC(=O)NS2(=O)=O)c1F. The first kappa shape index (κ1) is 20.9. The fraction of sp³-hybridized carbons (Fsp3) is 0.632. The molecule has 156 valence electrons. The van der Waals surface area contributed by atoms with Crippen molar-refractivity contribution in [2.75, 3.05) is 23.9 Å². The summed E-state index contributed by atoms with van der Waals surface area (Å²) in [5, 5.41) is 10.1. The molecule has 0 aromatic heterocycles. The van der Waals surface area contributed by atoms with Crippen LogP contribution in [0, 0.1) is 11.7 Å². The first-order valence-electron chi connectivity index (χ1n) is 9.76. The van der Waals surface area contributed by atoms with Gasteiger partial charge < -0.3 is 10.0 Å². The van der Waals surface area contributed by atoms with Crippen LogP contribution in [0.4, 0.5) is 10.1 Å². The van der Waals surface area contributed by atoms with Gasteiger partial charge in [0.15, 0.2) is 5.82 Å². The number of phenols is 1. The molecule has 0 saturated carbocycles. The third kappa shape index (κ3) is 4.41. The van der Waals surface area contributed by atoms with Gasteiger partial charge in [-0.15, -0.1) is 0 Å². The van der Waals surface area contributed by atoms with Crippen LogP contribution >= 0.6 is 0 Å². The van der Waals surface area contributed by atoms with E-state index in [1.165, 1.54) is 12.1 Å². The topological polar surface area (TPSA) is 89.9 Å². The minimum absolute atomic E-state index is 0.175. The summed E-state index contributed by atoms with van der Waals surface area (Å²) in [4.78, 5) is 13.9. The average molecular weight is 414 g/mol. The number of hydrogen-bond acceptors (Lipinski definition) is 5. The van der Waals surface area contributed by atoms with Gasteiger partial charge in [0.1, 0.15) is 18.0 Å². The van der Waals surface area contributed by atoms with Crippen molar-refractivity contribution in [3.63, 3.8) is 0 Å². The Bertz CT molecular complexity index is 844. The number of rotatable bonds is 6. The molecule has 1 aromatic rings. The lowest BCUT2D eigenvalue weighted by molar-refractivity contribution is -0.117. The molecular weight excluding hydrogens is 385 g/mol. The zero-order chi connectivity index (χ0) is 20.5. The summed E-state index contributed by atoms with van der Waals surface area (Å²) in [6, 6.07) is 2.98. The normalized spacial score (nSPS) is 22.6. The lowest BCUT2D eigenvalue weighted by atomic mass is 9.94. The number of halogens is 1. The van der Waals surface area contributed by atoms with Crippen molar-refractivity contribution in [1.29, 1.82) is 0 Å². The number of phenolic OH excluding ortho intramolecular Hbond substituents is 1. The van der Waals surface area contributed by atoms with Gasteiger partial charge in [0.05, 0.1) is 0 Å². The fourth-order valence-electron chi connectivity index (χ4n) is 3.90. The molecule has 0 radical (unpaired) electrons. The van der Waals surface area contributed by atoms with Gasteiger partial charge >= 0.3 is 10.2 Å². The number of aromatic hydroxyl groups is 1. The van der Waals surface area contributed by atoms with E-state index in [0.29, 0.717) is 22.2 Å². The van der Waals surface area contributed by atoms with Gasteiger partial charge in [0, 0.05) is 6.04 Å². The predicted molar refractivity (Wildman–Crippen MR) is 105 cm³/mol. The van der Waals surface area contributed by atoms with E-state index in [2.05, 4.69) is 18.7 Å². The molecule has 0 bridgehead atoms. The van der Waals surface area contributed by atoms with Crippen molar-refractivity contribution in [3.05, 3.63) is 23.5 Å². The van der Waals surface area contributed by atoms with Crippen LogP contribution in [0.3, 0.4) is 0 Å². The summed E-state index contributed by atoms with van der Waals surface area (Å²) in [6.07, 6.45) is 4.66. The number of nitrogens with zero attached hydrogens (tertiary/aromatic N) is 2. The van der Waals surface area contributed by atoms with Crippen molar-refractivity contribution in [2.45, 2.75) is 52.0 Å². The standard InChI is InChI=1S/C19H28FN3O4S/c1-13(2)8-10-22-9-4-3-5-15(22)11-14-6-7-16(24)19(18(14)20)23-12-17(25)21-28(23,26)27/h6-7,13,15,24H,3-5,8-12H2,1-2H3,(H,21,25). The third-order valence-electron chi connectivity index (χ3n) is 5.44. The molecule has 2 aliphatic rings. The van der Waals surface area contributed by atoms with Crippen LogP contribution in [-0.2, 0) is 21.4 Å². The Morgan fingerprint density at radius 2 is 2.07 bits per heavy atom. The molecule has 0 spiro atoms. The van der Waals surface area contributed by atoms with Crippen molar-refractivity contribution in [2.24, 2.45) is 5.92 Å². The summed E-state index contributed by atoms with van der Waals surface area (Å²) < 4.78 is 41.8. The van der Waals surface area contributed by atoms with E-state index in [4.69, 9.17) is 0 Å². The molecule has 2 fully saturated rings. The van der Waals surface area contributed by atoms with Gasteiger partial charge in [-0.3, -0.25) is 4.79 Å². The average Bonchev–Trinajstić information content (AvgIpc) is 2.89. The summed E-state index contributed by atoms with van der Waals surface area (Å²) in [5.41, 5.74) is -0.107. The third-order valence-corrected chi connectivity index (χ3v) is 6.82. The van der Waals surface area contributed by atoms with Gasteiger partial charge in [0.25, 0.3) is 5.91 Å². The van der Waals surface area contributed by atoms with Gasteiger partial charge in [0.2, 0.25) is 0 Å². The van der Waals surface area contributed by atoms with E-state index >= 15 is 4.39 Å². The van der Waals surface area contributed by atoms with E-state index < -0.39 is 39.9 Å². The molecule has 1 amide bonds. The van der Waals surface area contributed by atoms with Gasteiger partial charge in [-0.2, -0.15) is 8.42 Å². The molecule has 28 heavy (non-hydrogen) atoms. The van der Waals surface area contributed by atoms with E-state index in [-0.39, 0.29) is 6.04 Å². The number of hydrogen-bond donors (Lipinski definition) is 2. The summed E-state index contributed by atoms with van der Waals surface area (Å²) in [6.45, 7) is 5.74. The van der Waals surface area contributed by atoms with Crippen LogP contribution in [0.1, 0.15) is 45.1 Å². The lowest BCUT2D eigenvalue weighted by Gasteiger charge is -2.36. The van der Waals surface area contributed by atoms with Crippen molar-refractivity contribution >= 4 is 21.8 Å². The maximum absolute atomic E-state index is 15.2. The quantitative estimate of drug-likeness (QED) is 0.746. The van der Waals surface area contributed by atoms with Gasteiger partial charge in [-0.25, -0.2) is 13.4 Å². The minimum atomic E-state index is -4.19. The monoisotopic (exact) mass is 413 g/mol. The summed E-state index contributed by atoms with van der Waals surface area (Å²) >= 11 is 0. The maximum Gasteiger partial charge on any atom is 0.326 e. The summed E-state index contributed by atoms with van der Waals surface area (Å²) in [5.74, 6) is -1.45. The highest BCUT2D eigenvalue weighted by atomic mass is 32.2.